The molecule has 0 fully saturated rings. The van der Waals surface area contributed by atoms with Crippen LogP contribution in [-0.4, -0.2) is 13.0 Å². The summed E-state index contributed by atoms with van der Waals surface area (Å²) in [5, 5.41) is 4.53. The molecule has 1 aliphatic heterocycles. The number of alkyl halides is 3. The van der Waals surface area contributed by atoms with Crippen LogP contribution in [0, 0.1) is 0 Å². The second kappa shape index (κ2) is 7.41. The lowest BCUT2D eigenvalue weighted by Gasteiger charge is -2.22. The molecule has 0 aromatic heterocycles. The molecule has 0 atom stereocenters. The van der Waals surface area contributed by atoms with Crippen molar-refractivity contribution in [2.75, 3.05) is 6.61 Å². The van der Waals surface area contributed by atoms with Gasteiger partial charge < -0.3 is 9.47 Å². The average molecular weight is 444 g/mol. The Balaban J connectivity index is 1.58. The predicted molar refractivity (Wildman–Crippen MR) is 125 cm³/mol. The summed E-state index contributed by atoms with van der Waals surface area (Å²) in [7, 11) is 0. The average Bonchev–Trinajstić information content (AvgIpc) is 2.83. The van der Waals surface area contributed by atoms with E-state index < -0.39 is 6.36 Å². The van der Waals surface area contributed by atoms with Crippen LogP contribution in [0.3, 0.4) is 0 Å². The van der Waals surface area contributed by atoms with Crippen LogP contribution in [0.4, 0.5) is 13.2 Å². The van der Waals surface area contributed by atoms with Crippen molar-refractivity contribution in [3.8, 4) is 22.6 Å². The first-order chi connectivity index (χ1) is 16.0. The molecule has 0 amide bonds. The number of halogens is 3. The van der Waals surface area contributed by atoms with Gasteiger partial charge in [0, 0.05) is 10.9 Å². The summed E-state index contributed by atoms with van der Waals surface area (Å²) in [4.78, 5) is 0. The molecule has 5 heteroatoms. The maximum Gasteiger partial charge on any atom is 0.573 e. The van der Waals surface area contributed by atoms with Crippen molar-refractivity contribution in [1.82, 2.24) is 0 Å². The fraction of sp³-hybridized carbons (Fsp3) is 0.143. The van der Waals surface area contributed by atoms with E-state index in [1.54, 1.807) is 12.1 Å². The molecule has 0 radical (unpaired) electrons. The molecule has 0 saturated carbocycles. The number of aryl methyl sites for hydroxylation is 1. The summed E-state index contributed by atoms with van der Waals surface area (Å²) in [6.07, 6.45) is 5.75. The van der Waals surface area contributed by atoms with Crippen LogP contribution >= 0.6 is 0 Å². The zero-order valence-electron chi connectivity index (χ0n) is 17.6. The van der Waals surface area contributed by atoms with E-state index in [1.807, 2.05) is 12.1 Å². The van der Waals surface area contributed by atoms with E-state index in [-0.39, 0.29) is 5.75 Å². The molecule has 4 aromatic carbocycles. The van der Waals surface area contributed by atoms with Gasteiger partial charge in [-0.1, -0.05) is 48.6 Å². The van der Waals surface area contributed by atoms with Crippen LogP contribution in [-0.2, 0) is 6.42 Å². The smallest absolute Gasteiger partial charge is 0.488 e. The molecule has 0 spiro atoms. The molecule has 2 aliphatic rings. The third-order valence-corrected chi connectivity index (χ3v) is 6.31. The summed E-state index contributed by atoms with van der Waals surface area (Å²) in [6, 6.07) is 16.5. The Kier molecular flexibility index (Phi) is 4.47. The normalized spacial score (nSPS) is 14.8. The van der Waals surface area contributed by atoms with E-state index in [4.69, 9.17) is 4.74 Å². The van der Waals surface area contributed by atoms with Crippen LogP contribution in [0.25, 0.3) is 44.8 Å². The molecular formula is C28H19F3O2. The minimum absolute atomic E-state index is 0.227. The molecule has 0 unspecified atom stereocenters. The first-order valence-corrected chi connectivity index (χ1v) is 10.9. The maximum absolute atomic E-state index is 12.5. The van der Waals surface area contributed by atoms with Gasteiger partial charge in [0.15, 0.2) is 0 Å². The highest BCUT2D eigenvalue weighted by Gasteiger charge is 2.31. The summed E-state index contributed by atoms with van der Waals surface area (Å²) in [6.45, 7) is 0.551. The highest BCUT2D eigenvalue weighted by molar-refractivity contribution is 6.17. The molecule has 1 heterocycles. The first-order valence-electron chi connectivity index (χ1n) is 10.9. The van der Waals surface area contributed by atoms with Gasteiger partial charge in [-0.05, 0) is 81.6 Å². The van der Waals surface area contributed by atoms with Crippen molar-refractivity contribution in [2.24, 2.45) is 0 Å². The lowest BCUT2D eigenvalue weighted by atomic mass is 9.85. The highest BCUT2D eigenvalue weighted by atomic mass is 19.4. The number of allylic oxidation sites excluding steroid dienone is 1. The fourth-order valence-corrected chi connectivity index (χ4v) is 4.92. The minimum Gasteiger partial charge on any atom is -0.488 e. The maximum atomic E-state index is 12.5. The summed E-state index contributed by atoms with van der Waals surface area (Å²) in [5.41, 5.74) is 5.36. The molecule has 1 aliphatic carbocycles. The zero-order valence-corrected chi connectivity index (χ0v) is 17.6. The van der Waals surface area contributed by atoms with Crippen LogP contribution < -0.4 is 9.47 Å². The second-order valence-electron chi connectivity index (χ2n) is 8.29. The van der Waals surface area contributed by atoms with Crippen molar-refractivity contribution in [2.45, 2.75) is 19.2 Å². The van der Waals surface area contributed by atoms with Crippen LogP contribution in [0.5, 0.6) is 11.5 Å². The van der Waals surface area contributed by atoms with E-state index in [1.165, 1.54) is 28.6 Å². The molecule has 0 N–H and O–H groups in total. The third kappa shape index (κ3) is 3.44. The van der Waals surface area contributed by atoms with E-state index in [9.17, 15) is 13.2 Å². The molecule has 0 bridgehead atoms. The molecule has 0 saturated heterocycles. The lowest BCUT2D eigenvalue weighted by molar-refractivity contribution is -0.274. The Hall–Kier alpha value is -3.73. The molecule has 6 rings (SSSR count). The van der Waals surface area contributed by atoms with Gasteiger partial charge in [-0.25, -0.2) is 0 Å². The standard InChI is InChI=1S/C28H19F3O2/c29-28(30,31)33-20-11-7-17(8-12-20)19-10-13-22-23-6-3-15-32-27(23)24-14-9-18-4-1-2-5-21(18)26(24)25(22)16-19/h1,3-4,6-14,16H,2,5,15H2. The molecule has 164 valence electrons. The van der Waals surface area contributed by atoms with E-state index in [0.717, 1.165) is 51.4 Å². The SMILES string of the molecule is FC(F)(F)Oc1ccc(-c2ccc3c4c(c5ccc6c(c5c3c2)CCC=C6)OCC=C4)cc1. The van der Waals surface area contributed by atoms with Crippen molar-refractivity contribution in [3.63, 3.8) is 0 Å². The third-order valence-electron chi connectivity index (χ3n) is 6.31. The Morgan fingerprint density at radius 3 is 2.39 bits per heavy atom. The number of hydrogen-bond acceptors (Lipinski definition) is 2. The molecule has 4 aromatic rings. The number of hydrogen-bond donors (Lipinski definition) is 0. The fourth-order valence-electron chi connectivity index (χ4n) is 4.92. The monoisotopic (exact) mass is 444 g/mol. The van der Waals surface area contributed by atoms with Gasteiger partial charge in [-0.2, -0.15) is 0 Å². The van der Waals surface area contributed by atoms with Crippen LogP contribution in [0.2, 0.25) is 0 Å². The molecule has 33 heavy (non-hydrogen) atoms. The van der Waals surface area contributed by atoms with Gasteiger partial charge in [0.1, 0.15) is 18.1 Å². The van der Waals surface area contributed by atoms with Gasteiger partial charge in [0.05, 0.1) is 0 Å². The number of benzene rings is 4. The Labute approximate surface area is 188 Å². The topological polar surface area (TPSA) is 18.5 Å². The Morgan fingerprint density at radius 1 is 0.788 bits per heavy atom. The summed E-state index contributed by atoms with van der Waals surface area (Å²) in [5.74, 6) is 0.688. The minimum atomic E-state index is -4.70. The number of rotatable bonds is 2. The van der Waals surface area contributed by atoms with E-state index >= 15 is 0 Å². The molecular weight excluding hydrogens is 425 g/mol. The van der Waals surface area contributed by atoms with Crippen molar-refractivity contribution in [3.05, 3.63) is 83.4 Å². The Bertz CT molecular complexity index is 1460. The van der Waals surface area contributed by atoms with Gasteiger partial charge in [0.2, 0.25) is 0 Å². The molecule has 2 nitrogen and oxygen atoms in total. The van der Waals surface area contributed by atoms with E-state index in [0.29, 0.717) is 6.61 Å². The second-order valence-corrected chi connectivity index (χ2v) is 8.29. The predicted octanol–water partition coefficient (Wildman–Crippen LogP) is 7.92. The number of fused-ring (bicyclic) bond motifs is 8. The van der Waals surface area contributed by atoms with Crippen molar-refractivity contribution in [1.29, 1.82) is 0 Å². The summed E-state index contributed by atoms with van der Waals surface area (Å²) >= 11 is 0. The first kappa shape index (κ1) is 19.9. The highest BCUT2D eigenvalue weighted by Crippen LogP contribution is 2.44. The Morgan fingerprint density at radius 2 is 1.58 bits per heavy atom. The van der Waals surface area contributed by atoms with Crippen molar-refractivity contribution >= 4 is 33.7 Å². The summed E-state index contributed by atoms with van der Waals surface area (Å²) < 4.78 is 47.7. The van der Waals surface area contributed by atoms with Gasteiger partial charge in [0.25, 0.3) is 0 Å². The van der Waals surface area contributed by atoms with Crippen LogP contribution in [0.1, 0.15) is 23.1 Å². The lowest BCUT2D eigenvalue weighted by Crippen LogP contribution is -2.16. The van der Waals surface area contributed by atoms with Gasteiger partial charge in [-0.3, -0.25) is 0 Å². The van der Waals surface area contributed by atoms with Gasteiger partial charge in [-0.15, -0.1) is 13.2 Å². The quantitative estimate of drug-likeness (QED) is 0.292. The van der Waals surface area contributed by atoms with Crippen LogP contribution in [0.15, 0.2) is 66.7 Å². The van der Waals surface area contributed by atoms with E-state index in [2.05, 4.69) is 47.2 Å². The zero-order chi connectivity index (χ0) is 22.6. The van der Waals surface area contributed by atoms with Gasteiger partial charge >= 0.3 is 6.36 Å². The van der Waals surface area contributed by atoms with Crippen molar-refractivity contribution < 1.29 is 22.6 Å². The number of ether oxygens (including phenoxy) is 2. The largest absolute Gasteiger partial charge is 0.573 e.